The Balaban J connectivity index is 1.36. The summed E-state index contributed by atoms with van der Waals surface area (Å²) in [7, 11) is 3.61. The average Bonchev–Trinajstić information content (AvgIpc) is 3.68. The maximum absolute atomic E-state index is 13.8. The molecular weight excluding hydrogens is 516 g/mol. The number of fused-ring (bicyclic) bond motifs is 1. The average molecular weight is 563 g/mol. The van der Waals surface area contributed by atoms with Crippen LogP contribution in [-0.4, -0.2) is 90.5 Å². The van der Waals surface area contributed by atoms with E-state index in [1.807, 2.05) is 24.9 Å². The van der Waals surface area contributed by atoms with Crippen molar-refractivity contribution in [1.29, 1.82) is 0 Å². The van der Waals surface area contributed by atoms with Crippen molar-refractivity contribution in [1.82, 2.24) is 25.0 Å². The fraction of sp³-hybridized carbons (Fsp3) is 0.594. The van der Waals surface area contributed by atoms with Crippen molar-refractivity contribution in [3.05, 3.63) is 36.5 Å². The largest absolute Gasteiger partial charge is 0.345 e. The molecular formula is C32H46N6O3. The second-order valence-corrected chi connectivity index (χ2v) is 12.1. The molecule has 3 fully saturated rings. The van der Waals surface area contributed by atoms with Crippen molar-refractivity contribution in [2.24, 2.45) is 5.92 Å². The summed E-state index contributed by atoms with van der Waals surface area (Å²) >= 11 is 0. The minimum atomic E-state index is -0.436. The lowest BCUT2D eigenvalue weighted by atomic mass is 9.82. The Hall–Kier alpha value is -3.17. The number of benzene rings is 1. The zero-order valence-corrected chi connectivity index (χ0v) is 24.9. The van der Waals surface area contributed by atoms with E-state index < -0.39 is 6.04 Å². The molecule has 0 bridgehead atoms. The number of Topliss-reactive ketones (excluding diaryl/α,β-unsaturated/α-hetero) is 1. The summed E-state index contributed by atoms with van der Waals surface area (Å²) in [5.41, 5.74) is 3.03. The van der Waals surface area contributed by atoms with Crippen molar-refractivity contribution < 1.29 is 14.4 Å². The molecule has 1 saturated carbocycles. The van der Waals surface area contributed by atoms with Gasteiger partial charge in [-0.05, 0) is 69.8 Å². The molecule has 9 heteroatoms. The highest BCUT2D eigenvalue weighted by atomic mass is 16.2. The van der Waals surface area contributed by atoms with Crippen LogP contribution in [0, 0.1) is 5.92 Å². The highest BCUT2D eigenvalue weighted by Crippen LogP contribution is 2.34. The molecule has 41 heavy (non-hydrogen) atoms. The molecule has 222 valence electrons. The van der Waals surface area contributed by atoms with Crippen molar-refractivity contribution >= 4 is 40.4 Å². The third kappa shape index (κ3) is 6.21. The molecule has 0 radical (unpaired) electrons. The third-order valence-corrected chi connectivity index (χ3v) is 9.48. The fourth-order valence-corrected chi connectivity index (χ4v) is 6.83. The first-order valence-corrected chi connectivity index (χ1v) is 15.3. The van der Waals surface area contributed by atoms with E-state index in [0.717, 1.165) is 73.8 Å². The summed E-state index contributed by atoms with van der Waals surface area (Å²) in [5, 5.41) is 7.17. The van der Waals surface area contributed by atoms with Gasteiger partial charge in [-0.15, -0.1) is 0 Å². The molecule has 1 aromatic heterocycles. The number of urea groups is 1. The van der Waals surface area contributed by atoms with E-state index in [0.29, 0.717) is 19.6 Å². The van der Waals surface area contributed by atoms with Crippen LogP contribution in [0.25, 0.3) is 17.0 Å². The SMILES string of the molecule is C=Cc1ccc2c(c1)c(N1CCN(C)C1=O)cn2CC1CCCN1CC(=O)C(NC(=O)C(C)NC)C1CCCCC1. The lowest BCUT2D eigenvalue weighted by Gasteiger charge is -2.33. The molecule has 2 aromatic rings. The minimum Gasteiger partial charge on any atom is -0.345 e. The molecule has 3 heterocycles. The second-order valence-electron chi connectivity index (χ2n) is 12.1. The van der Waals surface area contributed by atoms with Gasteiger partial charge in [-0.1, -0.05) is 38.0 Å². The zero-order valence-electron chi connectivity index (χ0n) is 24.9. The number of likely N-dealkylation sites (N-methyl/N-ethyl adjacent to an activating group) is 2. The maximum atomic E-state index is 13.8. The first-order valence-electron chi connectivity index (χ1n) is 15.3. The Morgan fingerprint density at radius 2 is 1.88 bits per heavy atom. The van der Waals surface area contributed by atoms with Crippen LogP contribution in [0.5, 0.6) is 0 Å². The number of hydrogen-bond acceptors (Lipinski definition) is 5. The lowest BCUT2D eigenvalue weighted by Crippen LogP contribution is -2.54. The second kappa shape index (κ2) is 12.8. The Morgan fingerprint density at radius 3 is 2.56 bits per heavy atom. The van der Waals surface area contributed by atoms with Crippen molar-refractivity contribution in [3.63, 3.8) is 0 Å². The standard InChI is InChI=1S/C32H46N6O3/c1-5-23-13-14-27-26(18-23)28(38-17-16-35(4)32(38)41)20-37(27)19-25-12-9-15-36(25)21-29(39)30(24-10-7-6-8-11-24)34-31(40)22(2)33-3/h5,13-14,18,20,22,24-25,30,33H,1,6-12,15-17,19,21H2,2-4H3,(H,34,40). The van der Waals surface area contributed by atoms with Gasteiger partial charge in [0.05, 0.1) is 29.8 Å². The molecule has 3 atom stereocenters. The van der Waals surface area contributed by atoms with Crippen LogP contribution in [0.2, 0.25) is 0 Å². The summed E-state index contributed by atoms with van der Waals surface area (Å²) in [5.74, 6) is 0.220. The molecule has 9 nitrogen and oxygen atoms in total. The Kier molecular flexibility index (Phi) is 9.14. The molecule has 3 unspecified atom stereocenters. The number of carbonyl (C=O) groups excluding carboxylic acids is 3. The fourth-order valence-electron chi connectivity index (χ4n) is 6.83. The molecule has 1 aliphatic carbocycles. The summed E-state index contributed by atoms with van der Waals surface area (Å²) in [6.07, 6.45) is 11.4. The van der Waals surface area contributed by atoms with Gasteiger partial charge in [0.2, 0.25) is 5.91 Å². The molecule has 5 rings (SSSR count). The maximum Gasteiger partial charge on any atom is 0.324 e. The van der Waals surface area contributed by atoms with Crippen LogP contribution in [0.3, 0.4) is 0 Å². The minimum absolute atomic E-state index is 0.0181. The summed E-state index contributed by atoms with van der Waals surface area (Å²) in [6, 6.07) is 5.74. The first kappa shape index (κ1) is 29.3. The monoisotopic (exact) mass is 562 g/mol. The van der Waals surface area contributed by atoms with E-state index in [1.54, 1.807) is 11.9 Å². The number of hydrogen-bond donors (Lipinski definition) is 2. The molecule has 0 spiro atoms. The smallest absolute Gasteiger partial charge is 0.324 e. The van der Waals surface area contributed by atoms with Crippen molar-refractivity contribution in [2.45, 2.75) is 76.5 Å². The van der Waals surface area contributed by atoms with Gasteiger partial charge >= 0.3 is 6.03 Å². The van der Waals surface area contributed by atoms with Crippen LogP contribution in [0.15, 0.2) is 31.0 Å². The van der Waals surface area contributed by atoms with Gasteiger partial charge in [-0.25, -0.2) is 4.79 Å². The molecule has 2 N–H and O–H groups in total. The first-order chi connectivity index (χ1) is 19.8. The number of aromatic nitrogens is 1. The summed E-state index contributed by atoms with van der Waals surface area (Å²) < 4.78 is 2.26. The van der Waals surface area contributed by atoms with Crippen molar-refractivity contribution in [3.8, 4) is 0 Å². The Labute approximate surface area is 243 Å². The number of ketones is 1. The van der Waals surface area contributed by atoms with Gasteiger partial charge in [0.1, 0.15) is 0 Å². The van der Waals surface area contributed by atoms with Crippen LogP contribution in [-0.2, 0) is 16.1 Å². The van der Waals surface area contributed by atoms with Crippen LogP contribution in [0.4, 0.5) is 10.5 Å². The van der Waals surface area contributed by atoms with Gasteiger partial charge in [0, 0.05) is 44.3 Å². The molecule has 3 aliphatic rings. The number of carbonyl (C=O) groups is 3. The number of rotatable bonds is 11. The number of amides is 3. The number of anilines is 1. The van der Waals surface area contributed by atoms with E-state index in [1.165, 1.54) is 6.42 Å². The predicted molar refractivity (Wildman–Crippen MR) is 164 cm³/mol. The summed E-state index contributed by atoms with van der Waals surface area (Å²) in [6.45, 7) is 9.10. The predicted octanol–water partition coefficient (Wildman–Crippen LogP) is 3.86. The highest BCUT2D eigenvalue weighted by Gasteiger charge is 2.35. The van der Waals surface area contributed by atoms with Crippen LogP contribution >= 0.6 is 0 Å². The number of likely N-dealkylation sites (tertiary alicyclic amines) is 1. The highest BCUT2D eigenvalue weighted by molar-refractivity contribution is 6.04. The van der Waals surface area contributed by atoms with Crippen molar-refractivity contribution in [2.75, 3.05) is 45.2 Å². The van der Waals surface area contributed by atoms with E-state index in [-0.39, 0.29) is 35.7 Å². The van der Waals surface area contributed by atoms with E-state index >= 15 is 0 Å². The lowest BCUT2D eigenvalue weighted by molar-refractivity contribution is -0.131. The Bertz CT molecular complexity index is 1280. The summed E-state index contributed by atoms with van der Waals surface area (Å²) in [4.78, 5) is 45.5. The van der Waals surface area contributed by atoms with Gasteiger partial charge in [-0.2, -0.15) is 0 Å². The zero-order chi connectivity index (χ0) is 29.1. The Morgan fingerprint density at radius 1 is 1.10 bits per heavy atom. The van der Waals surface area contributed by atoms with Gasteiger partial charge in [0.15, 0.2) is 5.78 Å². The van der Waals surface area contributed by atoms with Gasteiger partial charge in [-0.3, -0.25) is 19.4 Å². The van der Waals surface area contributed by atoms with E-state index in [2.05, 4.69) is 51.1 Å². The molecule has 1 aromatic carbocycles. The molecule has 2 saturated heterocycles. The van der Waals surface area contributed by atoms with Crippen LogP contribution < -0.4 is 15.5 Å². The normalized spacial score (nSPS) is 21.9. The third-order valence-electron chi connectivity index (χ3n) is 9.48. The molecule has 3 amide bonds. The number of nitrogens with zero attached hydrogens (tertiary/aromatic N) is 4. The van der Waals surface area contributed by atoms with Gasteiger partial charge < -0.3 is 20.1 Å². The quantitative estimate of drug-likeness (QED) is 0.434. The van der Waals surface area contributed by atoms with Gasteiger partial charge in [0.25, 0.3) is 0 Å². The van der Waals surface area contributed by atoms with E-state index in [4.69, 9.17) is 0 Å². The molecule has 2 aliphatic heterocycles. The number of nitrogens with one attached hydrogen (secondary N) is 2. The topological polar surface area (TPSA) is 89.9 Å². The van der Waals surface area contributed by atoms with E-state index in [9.17, 15) is 14.4 Å². The van der Waals surface area contributed by atoms with Crippen LogP contribution in [0.1, 0.15) is 57.4 Å².